The molecule has 20 heteroatoms. The first-order valence-electron chi connectivity index (χ1n) is 16.9. The third-order valence-corrected chi connectivity index (χ3v) is 10.7. The molecule has 8 rings (SSSR count). The molecule has 0 saturated heterocycles. The van der Waals surface area contributed by atoms with Crippen LogP contribution in [0.5, 0.6) is 23.3 Å². The summed E-state index contributed by atoms with van der Waals surface area (Å²) in [5.74, 6) is 1.32. The van der Waals surface area contributed by atoms with Crippen molar-refractivity contribution in [1.82, 2.24) is 19.9 Å². The largest absolute Gasteiger partial charge is 1.00 e. The van der Waals surface area contributed by atoms with E-state index in [0.717, 1.165) is 33.7 Å². The van der Waals surface area contributed by atoms with Crippen molar-refractivity contribution in [2.45, 2.75) is 9.79 Å². The standard InChI is InChI=1S/C40H26Cl2N6O8S2.2Na.2H/c41-39-45-35(21-37(47-39)55-29-13-9-23-5-1-3-7-25(23)17-29)43-27-11-15-31(33(19-27)57(49,50)51)32-16-12-28(20-34(32)58(52,53)54)44-36-22-38(48-40(42)46-36)56-30-14-10-24-6-2-4-8-26(24)18-30;;;;/h1-22H,(H,43,45,47)(H,44,46,48)(H,49,50,51)(H,52,53,54);;;;/q;2*+1;2*-1. The van der Waals surface area contributed by atoms with Crippen LogP contribution in [0.1, 0.15) is 2.85 Å². The second-order valence-corrected chi connectivity index (χ2v) is 16.0. The monoisotopic (exact) mass is 900 g/mol. The fourth-order valence-electron chi connectivity index (χ4n) is 6.10. The maximum Gasteiger partial charge on any atom is 1.00 e. The fourth-order valence-corrected chi connectivity index (χ4v) is 7.91. The Balaban J connectivity index is 0.00000211. The van der Waals surface area contributed by atoms with E-state index in [4.69, 9.17) is 32.7 Å². The summed E-state index contributed by atoms with van der Waals surface area (Å²) in [6.45, 7) is 0. The van der Waals surface area contributed by atoms with E-state index < -0.39 is 30.0 Å². The molecule has 2 heterocycles. The van der Waals surface area contributed by atoms with Crippen molar-refractivity contribution in [3.8, 4) is 34.4 Å². The molecule has 14 nitrogen and oxygen atoms in total. The first kappa shape index (κ1) is 45.1. The second-order valence-electron chi connectivity index (χ2n) is 12.6. The van der Waals surface area contributed by atoms with Crippen LogP contribution in [-0.4, -0.2) is 45.9 Å². The van der Waals surface area contributed by atoms with Crippen molar-refractivity contribution in [2.24, 2.45) is 0 Å². The fraction of sp³-hybridized carbons (Fsp3) is 0. The van der Waals surface area contributed by atoms with E-state index in [9.17, 15) is 25.9 Å². The Morgan fingerprint density at radius 2 is 0.867 bits per heavy atom. The van der Waals surface area contributed by atoms with Gasteiger partial charge in [-0.05, 0) is 93.3 Å². The van der Waals surface area contributed by atoms with E-state index in [-0.39, 0.29) is 118 Å². The van der Waals surface area contributed by atoms with Crippen LogP contribution < -0.4 is 79.2 Å². The Bertz CT molecular complexity index is 2950. The van der Waals surface area contributed by atoms with Gasteiger partial charge >= 0.3 is 59.1 Å². The molecule has 0 aliphatic heterocycles. The van der Waals surface area contributed by atoms with Crippen LogP contribution in [0.3, 0.4) is 0 Å². The van der Waals surface area contributed by atoms with Crippen molar-refractivity contribution < 1.29 is 97.4 Å². The van der Waals surface area contributed by atoms with Crippen LogP contribution in [0, 0.1) is 0 Å². The van der Waals surface area contributed by atoms with Gasteiger partial charge < -0.3 is 23.0 Å². The van der Waals surface area contributed by atoms with E-state index in [1.807, 2.05) is 72.8 Å². The number of halogens is 2. The van der Waals surface area contributed by atoms with Crippen molar-refractivity contribution >= 4 is 88.0 Å². The van der Waals surface area contributed by atoms with Gasteiger partial charge in [-0.1, -0.05) is 72.8 Å². The van der Waals surface area contributed by atoms with E-state index in [1.54, 1.807) is 12.1 Å². The minimum Gasteiger partial charge on any atom is -1.00 e. The van der Waals surface area contributed by atoms with Gasteiger partial charge in [-0.15, -0.1) is 0 Å². The molecule has 0 aliphatic rings. The summed E-state index contributed by atoms with van der Waals surface area (Å²) >= 11 is 12.4. The predicted octanol–water partition coefficient (Wildman–Crippen LogP) is 4.35. The average Bonchev–Trinajstić information content (AvgIpc) is 3.17. The summed E-state index contributed by atoms with van der Waals surface area (Å²) in [6.07, 6.45) is 0. The Morgan fingerprint density at radius 3 is 1.25 bits per heavy atom. The molecule has 0 unspecified atom stereocenters. The molecule has 0 bridgehead atoms. The number of hydrogen-bond acceptors (Lipinski definition) is 12. The summed E-state index contributed by atoms with van der Waals surface area (Å²) in [4.78, 5) is 15.1. The van der Waals surface area contributed by atoms with Crippen LogP contribution in [0.2, 0.25) is 10.6 Å². The quantitative estimate of drug-likeness (QED) is 0.0811. The van der Waals surface area contributed by atoms with Crippen LogP contribution in [0.4, 0.5) is 23.0 Å². The van der Waals surface area contributed by atoms with Gasteiger partial charge in [-0.2, -0.15) is 26.8 Å². The Labute approximate surface area is 400 Å². The number of nitrogens with zero attached hydrogens (tertiary/aromatic N) is 4. The maximum atomic E-state index is 12.8. The zero-order chi connectivity index (χ0) is 40.6. The third-order valence-electron chi connectivity index (χ3n) is 8.59. The predicted molar refractivity (Wildman–Crippen MR) is 222 cm³/mol. The molecule has 60 heavy (non-hydrogen) atoms. The Morgan fingerprint density at radius 1 is 0.483 bits per heavy atom. The van der Waals surface area contributed by atoms with E-state index in [1.165, 1.54) is 36.4 Å². The van der Waals surface area contributed by atoms with Gasteiger partial charge in [-0.25, -0.2) is 9.97 Å². The second kappa shape index (κ2) is 18.7. The zero-order valence-electron chi connectivity index (χ0n) is 33.4. The molecule has 0 amide bonds. The molecular formula is C40H28Cl2N6Na2O8S2. The topological polar surface area (TPSA) is 203 Å². The maximum absolute atomic E-state index is 12.8. The molecule has 0 saturated carbocycles. The van der Waals surface area contributed by atoms with Crippen LogP contribution in [0.25, 0.3) is 32.7 Å². The van der Waals surface area contributed by atoms with Crippen LogP contribution in [0.15, 0.2) is 143 Å². The molecule has 8 aromatic rings. The molecule has 4 N–H and O–H groups in total. The van der Waals surface area contributed by atoms with Crippen LogP contribution in [-0.2, 0) is 20.2 Å². The molecule has 0 atom stereocenters. The summed E-state index contributed by atoms with van der Waals surface area (Å²) in [5.41, 5.74) is -0.275. The first-order valence-corrected chi connectivity index (χ1v) is 20.6. The summed E-state index contributed by atoms with van der Waals surface area (Å²) in [6, 6.07) is 36.6. The number of ether oxygens (including phenoxy) is 2. The van der Waals surface area contributed by atoms with Crippen LogP contribution >= 0.6 is 23.2 Å². The number of nitrogens with one attached hydrogen (secondary N) is 2. The molecule has 0 radical (unpaired) electrons. The van der Waals surface area contributed by atoms with Gasteiger partial charge in [0, 0.05) is 34.6 Å². The molecule has 294 valence electrons. The van der Waals surface area contributed by atoms with Crippen molar-refractivity contribution in [1.29, 1.82) is 0 Å². The minimum absolute atomic E-state index is 0. The SMILES string of the molecule is O=S(=O)(O)c1cc(Nc2cc(Oc3ccc4ccccc4c3)nc(Cl)n2)ccc1-c1ccc(Nc2cc(Oc3ccc4ccccc4c3)nc(Cl)n2)cc1S(=O)(=O)O.[H-].[H-].[Na+].[Na+]. The normalized spacial score (nSPS) is 11.3. The van der Waals surface area contributed by atoms with Gasteiger partial charge in [0.05, 0.1) is 0 Å². The van der Waals surface area contributed by atoms with Gasteiger partial charge in [0.1, 0.15) is 32.9 Å². The Kier molecular flexibility index (Phi) is 14.1. The summed E-state index contributed by atoms with van der Waals surface area (Å²) < 4.78 is 83.5. The molecule has 2 aromatic heterocycles. The third kappa shape index (κ3) is 10.7. The number of hydrogen-bond donors (Lipinski definition) is 4. The number of aromatic nitrogens is 4. The van der Waals surface area contributed by atoms with Crippen molar-refractivity contribution in [3.05, 3.63) is 144 Å². The van der Waals surface area contributed by atoms with Gasteiger partial charge in [0.15, 0.2) is 0 Å². The van der Waals surface area contributed by atoms with Crippen molar-refractivity contribution in [3.63, 3.8) is 0 Å². The molecular weight excluding hydrogens is 873 g/mol. The van der Waals surface area contributed by atoms with E-state index >= 15 is 0 Å². The van der Waals surface area contributed by atoms with E-state index in [0.29, 0.717) is 11.5 Å². The first-order chi connectivity index (χ1) is 27.7. The number of rotatable bonds is 11. The Hall–Kier alpha value is -4.40. The summed E-state index contributed by atoms with van der Waals surface area (Å²) in [5, 5.41) is 9.34. The van der Waals surface area contributed by atoms with Gasteiger partial charge in [0.25, 0.3) is 20.2 Å². The molecule has 0 spiro atoms. The summed E-state index contributed by atoms with van der Waals surface area (Å²) in [7, 11) is -10.0. The number of fused-ring (bicyclic) bond motifs is 2. The zero-order valence-corrected chi connectivity index (χ0v) is 38.6. The molecule has 6 aromatic carbocycles. The van der Waals surface area contributed by atoms with Gasteiger partial charge in [-0.3, -0.25) is 9.11 Å². The molecule has 0 fully saturated rings. The average molecular weight is 902 g/mol. The van der Waals surface area contributed by atoms with Crippen molar-refractivity contribution in [2.75, 3.05) is 10.6 Å². The van der Waals surface area contributed by atoms with Gasteiger partial charge in [0.2, 0.25) is 22.3 Å². The smallest absolute Gasteiger partial charge is 1.00 e. The minimum atomic E-state index is -5.00. The molecule has 0 aliphatic carbocycles. The van der Waals surface area contributed by atoms with E-state index in [2.05, 4.69) is 30.6 Å². The number of anilines is 4. The number of benzene rings is 6.